The molecule has 33 heavy (non-hydrogen) atoms. The molecule has 6 heteroatoms. The van der Waals surface area contributed by atoms with Crippen molar-refractivity contribution in [3.63, 3.8) is 0 Å². The molecule has 6 nitrogen and oxygen atoms in total. The second-order valence-electron chi connectivity index (χ2n) is 8.08. The highest BCUT2D eigenvalue weighted by Gasteiger charge is 2.46. The van der Waals surface area contributed by atoms with Crippen LogP contribution in [0.15, 0.2) is 48.0 Å². The predicted octanol–water partition coefficient (Wildman–Crippen LogP) is 5.40. The van der Waals surface area contributed by atoms with Crippen LogP contribution in [-0.4, -0.2) is 41.5 Å². The Kier molecular flexibility index (Phi) is 8.15. The molecule has 0 aromatic heterocycles. The monoisotopic (exact) mass is 451 g/mol. The van der Waals surface area contributed by atoms with E-state index in [0.717, 1.165) is 30.4 Å². The zero-order valence-electron chi connectivity index (χ0n) is 19.9. The summed E-state index contributed by atoms with van der Waals surface area (Å²) in [6.45, 7) is 9.09. The van der Waals surface area contributed by atoms with Crippen molar-refractivity contribution in [1.82, 2.24) is 4.90 Å². The Labute approximate surface area is 195 Å². The standard InChI is InChI=1S/C27H33NO5/c1-5-8-11-16-28-24(20-13-10-9-12-18(20)4)23(26(30)27(28)31)25(29)21-15-14-19(32-6-2)17-22(21)33-7-3/h9-10,12-15,17,24,29H,5-8,11,16H2,1-4H3/b25-23+. The molecule has 3 rings (SSSR count). The number of aliphatic hydroxyl groups excluding tert-OH is 1. The molecule has 2 aromatic carbocycles. The van der Waals surface area contributed by atoms with Crippen molar-refractivity contribution in [2.75, 3.05) is 19.8 Å². The summed E-state index contributed by atoms with van der Waals surface area (Å²) in [6, 6.07) is 12.1. The maximum Gasteiger partial charge on any atom is 0.295 e. The first kappa shape index (κ1) is 24.4. The number of hydrogen-bond acceptors (Lipinski definition) is 5. The third kappa shape index (κ3) is 5.05. The van der Waals surface area contributed by atoms with Crippen molar-refractivity contribution in [1.29, 1.82) is 0 Å². The number of ketones is 1. The lowest BCUT2D eigenvalue weighted by molar-refractivity contribution is -0.139. The van der Waals surface area contributed by atoms with Crippen molar-refractivity contribution < 1.29 is 24.2 Å². The van der Waals surface area contributed by atoms with Crippen molar-refractivity contribution >= 4 is 17.4 Å². The summed E-state index contributed by atoms with van der Waals surface area (Å²) in [5.41, 5.74) is 2.24. The van der Waals surface area contributed by atoms with Crippen molar-refractivity contribution in [3.8, 4) is 11.5 Å². The lowest BCUT2D eigenvalue weighted by Gasteiger charge is -2.26. The number of hydrogen-bond donors (Lipinski definition) is 1. The lowest BCUT2D eigenvalue weighted by atomic mass is 9.92. The van der Waals surface area contributed by atoms with Crippen molar-refractivity contribution in [2.24, 2.45) is 0 Å². The third-order valence-electron chi connectivity index (χ3n) is 5.84. The van der Waals surface area contributed by atoms with Gasteiger partial charge in [0.05, 0.1) is 30.4 Å². The second-order valence-corrected chi connectivity index (χ2v) is 8.08. The van der Waals surface area contributed by atoms with E-state index < -0.39 is 17.7 Å². The summed E-state index contributed by atoms with van der Waals surface area (Å²) < 4.78 is 11.3. The maximum absolute atomic E-state index is 13.2. The predicted molar refractivity (Wildman–Crippen MR) is 128 cm³/mol. The molecule has 1 amide bonds. The van der Waals surface area contributed by atoms with Crippen molar-refractivity contribution in [3.05, 3.63) is 64.7 Å². The van der Waals surface area contributed by atoms with E-state index in [9.17, 15) is 14.7 Å². The van der Waals surface area contributed by atoms with Gasteiger partial charge < -0.3 is 19.5 Å². The normalized spacial score (nSPS) is 17.5. The number of nitrogens with zero attached hydrogens (tertiary/aromatic N) is 1. The molecule has 1 fully saturated rings. The fourth-order valence-corrected chi connectivity index (χ4v) is 4.23. The minimum Gasteiger partial charge on any atom is -0.507 e. The Hall–Kier alpha value is -3.28. The molecule has 2 aromatic rings. The van der Waals surface area contributed by atoms with Crippen LogP contribution in [0.4, 0.5) is 0 Å². The summed E-state index contributed by atoms with van der Waals surface area (Å²) in [6.07, 6.45) is 2.75. The number of aryl methyl sites for hydroxylation is 1. The van der Waals surface area contributed by atoms with Crippen LogP contribution in [0.5, 0.6) is 11.5 Å². The second kappa shape index (κ2) is 11.0. The maximum atomic E-state index is 13.2. The molecule has 1 N–H and O–H groups in total. The van der Waals surface area contributed by atoms with Gasteiger partial charge in [-0.25, -0.2) is 0 Å². The number of aliphatic hydroxyl groups is 1. The van der Waals surface area contributed by atoms with Crippen molar-refractivity contribution in [2.45, 2.75) is 53.0 Å². The first-order valence-electron chi connectivity index (χ1n) is 11.7. The average molecular weight is 452 g/mol. The van der Waals surface area contributed by atoms with Gasteiger partial charge in [0.1, 0.15) is 17.3 Å². The molecule has 0 saturated carbocycles. The number of unbranched alkanes of at least 4 members (excludes halogenated alkanes) is 2. The highest BCUT2D eigenvalue weighted by atomic mass is 16.5. The number of carbonyl (C=O) groups excluding carboxylic acids is 2. The van der Waals surface area contributed by atoms with Crippen LogP contribution >= 0.6 is 0 Å². The van der Waals surface area contributed by atoms with Crippen LogP contribution in [0.25, 0.3) is 5.76 Å². The van der Waals surface area contributed by atoms with Gasteiger partial charge in [0.25, 0.3) is 11.7 Å². The molecule has 0 aliphatic carbocycles. The lowest BCUT2D eigenvalue weighted by Crippen LogP contribution is -2.31. The van der Waals surface area contributed by atoms with Gasteiger partial charge in [0.2, 0.25) is 0 Å². The Balaban J connectivity index is 2.18. The van der Waals surface area contributed by atoms with E-state index in [-0.39, 0.29) is 11.3 Å². The van der Waals surface area contributed by atoms with Crippen LogP contribution in [-0.2, 0) is 9.59 Å². The summed E-state index contributed by atoms with van der Waals surface area (Å²) in [4.78, 5) is 27.9. The van der Waals surface area contributed by atoms with Crippen LogP contribution < -0.4 is 9.47 Å². The zero-order valence-corrected chi connectivity index (χ0v) is 19.9. The quantitative estimate of drug-likeness (QED) is 0.226. The van der Waals surface area contributed by atoms with Gasteiger partial charge in [-0.1, -0.05) is 44.0 Å². The van der Waals surface area contributed by atoms with Gasteiger partial charge in [-0.3, -0.25) is 9.59 Å². The Morgan fingerprint density at radius 1 is 1.00 bits per heavy atom. The van der Waals surface area contributed by atoms with E-state index in [1.54, 1.807) is 23.1 Å². The molecule has 1 saturated heterocycles. The van der Waals surface area contributed by atoms with Gasteiger partial charge in [-0.05, 0) is 50.5 Å². The molecule has 176 valence electrons. The van der Waals surface area contributed by atoms with Gasteiger partial charge in [-0.2, -0.15) is 0 Å². The fraction of sp³-hybridized carbons (Fsp3) is 0.407. The van der Waals surface area contributed by atoms with E-state index in [1.807, 2.05) is 45.0 Å². The number of carbonyl (C=O) groups is 2. The minimum atomic E-state index is -0.673. The number of amides is 1. The highest BCUT2D eigenvalue weighted by Crippen LogP contribution is 2.42. The first-order chi connectivity index (χ1) is 15.9. The fourth-order valence-electron chi connectivity index (χ4n) is 4.23. The molecular weight excluding hydrogens is 418 g/mol. The van der Waals surface area contributed by atoms with E-state index in [1.165, 1.54) is 0 Å². The zero-order chi connectivity index (χ0) is 24.0. The van der Waals surface area contributed by atoms with Crippen LogP contribution in [0.3, 0.4) is 0 Å². The molecule has 1 atom stereocenters. The van der Waals surface area contributed by atoms with E-state index >= 15 is 0 Å². The summed E-state index contributed by atoms with van der Waals surface area (Å²) in [5, 5.41) is 11.4. The SMILES string of the molecule is CCCCCN1C(=O)C(=O)/C(=C(/O)c2ccc(OCC)cc2OCC)C1c1ccccc1C. The third-order valence-corrected chi connectivity index (χ3v) is 5.84. The van der Waals surface area contributed by atoms with Crippen LogP contribution in [0.2, 0.25) is 0 Å². The number of likely N-dealkylation sites (tertiary alicyclic amines) is 1. The van der Waals surface area contributed by atoms with Gasteiger partial charge >= 0.3 is 0 Å². The topological polar surface area (TPSA) is 76.1 Å². The summed E-state index contributed by atoms with van der Waals surface area (Å²) >= 11 is 0. The largest absolute Gasteiger partial charge is 0.507 e. The Morgan fingerprint density at radius 2 is 1.73 bits per heavy atom. The van der Waals surface area contributed by atoms with Gasteiger partial charge in [0.15, 0.2) is 0 Å². The number of Topliss-reactive ketones (excluding diaryl/α,β-unsaturated/α-hetero) is 1. The molecule has 0 radical (unpaired) electrons. The molecule has 1 unspecified atom stereocenters. The molecule has 1 heterocycles. The first-order valence-corrected chi connectivity index (χ1v) is 11.7. The highest BCUT2D eigenvalue weighted by molar-refractivity contribution is 6.46. The van der Waals surface area contributed by atoms with E-state index in [4.69, 9.17) is 9.47 Å². The summed E-state index contributed by atoms with van der Waals surface area (Å²) in [5.74, 6) is -0.473. The van der Waals surface area contributed by atoms with Gasteiger partial charge in [-0.15, -0.1) is 0 Å². The average Bonchev–Trinajstić information content (AvgIpc) is 3.05. The van der Waals surface area contributed by atoms with Crippen LogP contribution in [0, 0.1) is 6.92 Å². The molecule has 1 aliphatic rings. The van der Waals surface area contributed by atoms with Gasteiger partial charge in [0, 0.05) is 12.6 Å². The molecular formula is C27H33NO5. The molecule has 0 spiro atoms. The Morgan fingerprint density at radius 3 is 2.39 bits per heavy atom. The molecule has 1 aliphatic heterocycles. The molecule has 0 bridgehead atoms. The van der Waals surface area contributed by atoms with Crippen LogP contribution in [0.1, 0.15) is 62.8 Å². The minimum absolute atomic E-state index is 0.0934. The Bertz CT molecular complexity index is 1040. The van der Waals surface area contributed by atoms with E-state index in [2.05, 4.69) is 6.92 Å². The van der Waals surface area contributed by atoms with E-state index in [0.29, 0.717) is 36.8 Å². The smallest absolute Gasteiger partial charge is 0.295 e. The number of rotatable bonds is 10. The number of benzene rings is 2. The number of ether oxygens (including phenoxy) is 2. The summed E-state index contributed by atoms with van der Waals surface area (Å²) in [7, 11) is 0.